The molecule has 31 heavy (non-hydrogen) atoms. The van der Waals surface area contributed by atoms with E-state index >= 15 is 0 Å². The van der Waals surface area contributed by atoms with Crippen molar-refractivity contribution in [3.05, 3.63) is 80.8 Å². The molecule has 2 N–H and O–H groups in total. The molecule has 0 saturated carbocycles. The molecular formula is C17H13N5O9. The van der Waals surface area contributed by atoms with Crippen molar-refractivity contribution in [2.45, 2.75) is 12.5 Å². The first kappa shape index (κ1) is 22.4. The number of hydrogen-bond donors (Lipinski definition) is 2. The maximum absolute atomic E-state index is 12.7. The van der Waals surface area contributed by atoms with Crippen LogP contribution in [0.25, 0.3) is 16.1 Å². The topological polar surface area (TPSA) is 176 Å². The number of aromatic nitrogens is 4. The van der Waals surface area contributed by atoms with Gasteiger partial charge in [-0.25, -0.2) is 24.0 Å². The highest BCUT2D eigenvalue weighted by Crippen LogP contribution is 2.21. The highest BCUT2D eigenvalue weighted by molar-refractivity contribution is 5.85. The number of esters is 3. The molecule has 0 radical (unpaired) electrons. The van der Waals surface area contributed by atoms with E-state index in [1.807, 2.05) is 0 Å². The minimum Gasteiger partial charge on any atom is -0.383 e. The van der Waals surface area contributed by atoms with Crippen LogP contribution in [0.3, 0.4) is 0 Å². The van der Waals surface area contributed by atoms with Crippen LogP contribution in [0.2, 0.25) is 0 Å². The summed E-state index contributed by atoms with van der Waals surface area (Å²) < 4.78 is 15.2. The van der Waals surface area contributed by atoms with Crippen LogP contribution in [0.1, 0.15) is 0 Å². The van der Waals surface area contributed by atoms with Crippen LogP contribution in [-0.2, 0) is 35.1 Å². The fourth-order valence-electron chi connectivity index (χ4n) is 2.31. The summed E-state index contributed by atoms with van der Waals surface area (Å²) in [6.07, 6.45) is 1.90. The van der Waals surface area contributed by atoms with Crippen molar-refractivity contribution >= 4 is 29.1 Å². The van der Waals surface area contributed by atoms with Crippen LogP contribution in [0.15, 0.2) is 52.3 Å². The minimum absolute atomic E-state index is 0.0385. The van der Waals surface area contributed by atoms with Crippen molar-refractivity contribution in [1.29, 1.82) is 0 Å². The van der Waals surface area contributed by atoms with Crippen molar-refractivity contribution in [2.24, 2.45) is 0 Å². The molecule has 0 aliphatic carbocycles. The zero-order chi connectivity index (χ0) is 23.3. The maximum atomic E-state index is 12.7. The molecule has 0 aliphatic rings. The first-order valence-corrected chi connectivity index (χ1v) is 8.03. The third-order valence-electron chi connectivity index (χ3n) is 3.52. The van der Waals surface area contributed by atoms with Crippen LogP contribution >= 0.6 is 0 Å². The SMILES string of the molecule is [C-]#[N+]n1c(=O)c2[nH]c(=O)[nH]c2n(CC(OC(=O)C=C)(OC(=O)C=C)OC(=O)C=C)c1=O. The molecule has 0 unspecified atom stereocenters. The summed E-state index contributed by atoms with van der Waals surface area (Å²) in [7, 11) is 0. The van der Waals surface area contributed by atoms with Gasteiger partial charge in [0.1, 0.15) is 12.2 Å². The largest absolute Gasteiger partial charge is 0.443 e. The minimum atomic E-state index is -2.95. The summed E-state index contributed by atoms with van der Waals surface area (Å²) in [6, 6.07) is 0. The number of hydrogen-bond acceptors (Lipinski definition) is 9. The number of H-pyrrole nitrogens is 2. The molecule has 0 aliphatic heterocycles. The van der Waals surface area contributed by atoms with E-state index in [4.69, 9.17) is 20.8 Å². The van der Waals surface area contributed by atoms with Crippen molar-refractivity contribution in [2.75, 3.05) is 0 Å². The van der Waals surface area contributed by atoms with Crippen LogP contribution < -0.4 is 16.9 Å². The van der Waals surface area contributed by atoms with Gasteiger partial charge in [0.2, 0.25) is 0 Å². The molecule has 160 valence electrons. The van der Waals surface area contributed by atoms with Gasteiger partial charge in [-0.1, -0.05) is 19.7 Å². The van der Waals surface area contributed by atoms with Crippen LogP contribution in [0, 0.1) is 6.57 Å². The maximum Gasteiger partial charge on any atom is 0.443 e. The number of imidazole rings is 1. The zero-order valence-electron chi connectivity index (χ0n) is 15.6. The first-order chi connectivity index (χ1) is 14.6. The number of rotatable bonds is 8. The molecule has 0 bridgehead atoms. The number of ether oxygens (including phenoxy) is 3. The number of fused-ring (bicyclic) bond motifs is 1. The van der Waals surface area contributed by atoms with Gasteiger partial charge in [0.05, 0.1) is 4.68 Å². The van der Waals surface area contributed by atoms with E-state index < -0.39 is 58.5 Å². The average Bonchev–Trinajstić information content (AvgIpc) is 3.13. The van der Waals surface area contributed by atoms with Crippen molar-refractivity contribution < 1.29 is 28.6 Å². The Bertz CT molecular complexity index is 1280. The molecule has 2 aromatic rings. The van der Waals surface area contributed by atoms with Gasteiger partial charge in [-0.15, -0.1) is 4.95 Å². The smallest absolute Gasteiger partial charge is 0.383 e. The molecule has 2 heterocycles. The van der Waals surface area contributed by atoms with Gasteiger partial charge in [-0.05, 0) is 0 Å². The van der Waals surface area contributed by atoms with Gasteiger partial charge in [0, 0.05) is 18.2 Å². The van der Waals surface area contributed by atoms with Gasteiger partial charge in [0.15, 0.2) is 5.52 Å². The molecule has 0 amide bonds. The second-order valence-electron chi connectivity index (χ2n) is 5.45. The number of carbonyl (C=O) groups is 3. The number of aromatic amines is 2. The fourth-order valence-corrected chi connectivity index (χ4v) is 2.31. The number of nitrogens with one attached hydrogen (secondary N) is 2. The van der Waals surface area contributed by atoms with E-state index in [2.05, 4.69) is 34.7 Å². The first-order valence-electron chi connectivity index (χ1n) is 8.03. The second-order valence-corrected chi connectivity index (χ2v) is 5.45. The highest BCUT2D eigenvalue weighted by atomic mass is 16.9. The normalized spacial score (nSPS) is 10.5. The number of carbonyl (C=O) groups excluding carboxylic acids is 3. The van der Waals surface area contributed by atoms with E-state index in [1.165, 1.54) is 0 Å². The van der Waals surface area contributed by atoms with Gasteiger partial charge in [-0.3, -0.25) is 19.3 Å². The molecule has 0 atom stereocenters. The van der Waals surface area contributed by atoms with E-state index in [1.54, 1.807) is 0 Å². The molecule has 0 aromatic carbocycles. The van der Waals surface area contributed by atoms with Crippen LogP contribution in [-0.4, -0.2) is 43.1 Å². The third kappa shape index (κ3) is 4.40. The predicted molar refractivity (Wildman–Crippen MR) is 101 cm³/mol. The van der Waals surface area contributed by atoms with Gasteiger partial charge in [-0.2, -0.15) is 6.57 Å². The second kappa shape index (κ2) is 8.61. The van der Waals surface area contributed by atoms with E-state index in [-0.39, 0.29) is 4.68 Å². The van der Waals surface area contributed by atoms with Crippen LogP contribution in [0.5, 0.6) is 0 Å². The Morgan fingerprint density at radius 2 is 1.45 bits per heavy atom. The van der Waals surface area contributed by atoms with E-state index in [0.717, 1.165) is 0 Å². The highest BCUT2D eigenvalue weighted by Gasteiger charge is 2.45. The molecular weight excluding hydrogens is 418 g/mol. The molecule has 0 fully saturated rings. The quantitative estimate of drug-likeness (QED) is 0.223. The summed E-state index contributed by atoms with van der Waals surface area (Å²) in [6.45, 7) is 15.4. The van der Waals surface area contributed by atoms with Crippen molar-refractivity contribution in [1.82, 2.24) is 19.2 Å². The molecule has 0 spiro atoms. The van der Waals surface area contributed by atoms with Crippen LogP contribution in [0.4, 0.5) is 0 Å². The Morgan fingerprint density at radius 3 is 1.87 bits per heavy atom. The molecule has 2 aromatic heterocycles. The summed E-state index contributed by atoms with van der Waals surface area (Å²) in [4.78, 5) is 79.2. The molecule has 14 heteroatoms. The Kier molecular flexibility index (Phi) is 6.21. The Morgan fingerprint density at radius 1 is 0.968 bits per heavy atom. The lowest BCUT2D eigenvalue weighted by atomic mass is 10.4. The lowest BCUT2D eigenvalue weighted by Crippen LogP contribution is -2.50. The Hall–Kier alpha value is -4.93. The van der Waals surface area contributed by atoms with Crippen molar-refractivity contribution in [3.63, 3.8) is 0 Å². The van der Waals surface area contributed by atoms with Gasteiger partial charge >= 0.3 is 40.8 Å². The third-order valence-corrected chi connectivity index (χ3v) is 3.52. The van der Waals surface area contributed by atoms with Gasteiger partial charge < -0.3 is 14.2 Å². The summed E-state index contributed by atoms with van der Waals surface area (Å²) in [5.74, 6) is -6.70. The average molecular weight is 431 g/mol. The molecule has 0 saturated heterocycles. The summed E-state index contributed by atoms with van der Waals surface area (Å²) in [5, 5.41) is 0. The number of nitrogens with zero attached hydrogens (tertiary/aromatic N) is 3. The van der Waals surface area contributed by atoms with Crippen molar-refractivity contribution in [3.8, 4) is 0 Å². The Labute approximate surface area is 171 Å². The monoisotopic (exact) mass is 431 g/mol. The lowest BCUT2D eigenvalue weighted by molar-refractivity contribution is -0.330. The van der Waals surface area contributed by atoms with E-state index in [9.17, 15) is 28.8 Å². The predicted octanol–water partition coefficient (Wildman–Crippen LogP) is -1.30. The summed E-state index contributed by atoms with van der Waals surface area (Å²) >= 11 is 0. The fraction of sp³-hybridized carbons (Fsp3) is 0.118. The zero-order valence-corrected chi connectivity index (χ0v) is 15.6. The van der Waals surface area contributed by atoms with E-state index in [0.29, 0.717) is 22.8 Å². The standard InChI is InChI=1S/C17H13N5O9/c1-5-9(23)29-17(30-10(24)6-2,31-11(25)7-3)8-21-13-12(19-15(27)20-13)14(26)22(18-4)16(21)28/h5-7H,1-3,8H2,(H2,19,20,27). The lowest BCUT2D eigenvalue weighted by Gasteiger charge is -2.30. The molecule has 2 rings (SSSR count). The van der Waals surface area contributed by atoms with Gasteiger partial charge in [0.25, 0.3) is 0 Å². The Balaban J connectivity index is 2.86. The molecule has 14 nitrogen and oxygen atoms in total. The summed E-state index contributed by atoms with van der Waals surface area (Å²) in [5.41, 5.74) is -4.41.